The number of amidine groups is 1. The summed E-state index contributed by atoms with van der Waals surface area (Å²) in [6, 6.07) is 11.6. The van der Waals surface area contributed by atoms with E-state index >= 15 is 0 Å². The molecule has 3 rings (SSSR count). The van der Waals surface area contributed by atoms with Gasteiger partial charge < -0.3 is 20.6 Å². The number of nitrogens with one attached hydrogen (secondary N) is 2. The van der Waals surface area contributed by atoms with Crippen LogP contribution in [0.2, 0.25) is 0 Å². The summed E-state index contributed by atoms with van der Waals surface area (Å²) < 4.78 is 7.10. The first-order chi connectivity index (χ1) is 14.0. The minimum absolute atomic E-state index is 0.0941. The molecule has 0 aliphatic heterocycles. The van der Waals surface area contributed by atoms with Gasteiger partial charge >= 0.3 is 0 Å². The van der Waals surface area contributed by atoms with Crippen molar-refractivity contribution in [2.24, 2.45) is 5.16 Å². The van der Waals surface area contributed by atoms with Gasteiger partial charge in [-0.25, -0.2) is 4.68 Å². The molecule has 150 valence electrons. The molecule has 29 heavy (non-hydrogen) atoms. The molecule has 0 bridgehead atoms. The number of aryl methyl sites for hydroxylation is 1. The molecule has 0 saturated carbocycles. The van der Waals surface area contributed by atoms with E-state index in [0.717, 1.165) is 17.2 Å². The number of allylic oxidation sites excluding steroid dienone is 2. The van der Waals surface area contributed by atoms with Crippen molar-refractivity contribution >= 4 is 17.6 Å². The number of carbonyl (C=O) groups is 1. The topological polar surface area (TPSA) is 101 Å². The Balaban J connectivity index is 2.03. The number of aromatic nitrogens is 2. The molecule has 0 fully saturated rings. The molecule has 0 atom stereocenters. The summed E-state index contributed by atoms with van der Waals surface area (Å²) in [7, 11) is 1.54. The molecule has 1 aliphatic carbocycles. The highest BCUT2D eigenvalue weighted by atomic mass is 16.5. The van der Waals surface area contributed by atoms with Crippen LogP contribution < -0.4 is 10.6 Å². The van der Waals surface area contributed by atoms with Crippen LogP contribution in [0.3, 0.4) is 0 Å². The number of rotatable bonds is 5. The summed E-state index contributed by atoms with van der Waals surface area (Å²) in [5.41, 5.74) is 2.76. The summed E-state index contributed by atoms with van der Waals surface area (Å²) >= 11 is 0. The third-order valence-corrected chi connectivity index (χ3v) is 4.25. The second-order valence-electron chi connectivity index (χ2n) is 6.43. The van der Waals surface area contributed by atoms with Crippen molar-refractivity contribution in [2.75, 3.05) is 12.4 Å². The zero-order valence-electron chi connectivity index (χ0n) is 16.5. The van der Waals surface area contributed by atoms with E-state index in [1.165, 1.54) is 6.92 Å². The number of methoxy groups -OCH3 is 1. The molecule has 1 amide bonds. The Bertz CT molecular complexity index is 1020. The van der Waals surface area contributed by atoms with Crippen LogP contribution in [0.5, 0.6) is 0 Å². The number of anilines is 1. The van der Waals surface area contributed by atoms with Crippen LogP contribution in [0.15, 0.2) is 76.8 Å². The predicted molar refractivity (Wildman–Crippen MR) is 111 cm³/mol. The maximum Gasteiger partial charge on any atom is 0.258 e. The Morgan fingerprint density at radius 3 is 2.76 bits per heavy atom. The minimum Gasteiger partial charge on any atom is -0.497 e. The number of para-hydroxylation sites is 1. The Morgan fingerprint density at radius 1 is 1.31 bits per heavy atom. The molecule has 8 heteroatoms. The molecular weight excluding hydrogens is 370 g/mol. The van der Waals surface area contributed by atoms with Crippen LogP contribution in [0.4, 0.5) is 5.82 Å². The van der Waals surface area contributed by atoms with E-state index in [4.69, 9.17) is 9.94 Å². The van der Waals surface area contributed by atoms with Crippen LogP contribution in [0.25, 0.3) is 5.69 Å². The average molecular weight is 393 g/mol. The largest absolute Gasteiger partial charge is 0.497 e. The SMILES string of the molecule is COC1=CC(C(=O)N/C(C)=N\O)=C(Nc2cc(C)nn2-c2ccccc2)CC=C1. The van der Waals surface area contributed by atoms with Crippen LogP contribution in [-0.4, -0.2) is 33.8 Å². The lowest BCUT2D eigenvalue weighted by Crippen LogP contribution is -2.30. The fourth-order valence-corrected chi connectivity index (χ4v) is 2.89. The number of benzene rings is 1. The zero-order valence-corrected chi connectivity index (χ0v) is 16.5. The molecule has 0 unspecified atom stereocenters. The van der Waals surface area contributed by atoms with Gasteiger partial charge in [-0.1, -0.05) is 29.4 Å². The van der Waals surface area contributed by atoms with E-state index in [9.17, 15) is 4.79 Å². The smallest absolute Gasteiger partial charge is 0.258 e. The molecule has 3 N–H and O–H groups in total. The fourth-order valence-electron chi connectivity index (χ4n) is 2.89. The molecular formula is C21H23N5O3. The summed E-state index contributed by atoms with van der Waals surface area (Å²) in [6.45, 7) is 3.40. The third kappa shape index (κ3) is 4.73. The number of nitrogens with zero attached hydrogens (tertiary/aromatic N) is 3. The van der Waals surface area contributed by atoms with Crippen LogP contribution in [-0.2, 0) is 9.53 Å². The highest BCUT2D eigenvalue weighted by molar-refractivity contribution is 6.07. The number of amides is 1. The van der Waals surface area contributed by atoms with E-state index in [2.05, 4.69) is 20.9 Å². The van der Waals surface area contributed by atoms with E-state index < -0.39 is 5.91 Å². The highest BCUT2D eigenvalue weighted by Crippen LogP contribution is 2.24. The maximum absolute atomic E-state index is 12.8. The second-order valence-corrected chi connectivity index (χ2v) is 6.43. The fraction of sp³-hybridized carbons (Fsp3) is 0.190. The first kappa shape index (κ1) is 19.9. The second kappa shape index (κ2) is 8.92. The van der Waals surface area contributed by atoms with Gasteiger partial charge in [0.2, 0.25) is 0 Å². The summed E-state index contributed by atoms with van der Waals surface area (Å²) in [5.74, 6) is 0.947. The van der Waals surface area contributed by atoms with Crippen molar-refractivity contribution < 1.29 is 14.7 Å². The standard InChI is InChI=1S/C21H23N5O3/c1-14-12-20(26(24-14)16-8-5-4-6-9-16)23-19-11-7-10-17(29-3)13-18(19)21(27)22-15(2)25-28/h4-10,12-13,23,28H,11H2,1-3H3,(H,22,25,27). The van der Waals surface area contributed by atoms with E-state index in [1.807, 2.05) is 49.4 Å². The molecule has 1 aliphatic rings. The summed E-state index contributed by atoms with van der Waals surface area (Å²) in [5, 5.41) is 22.3. The Kier molecular flexibility index (Phi) is 6.13. The van der Waals surface area contributed by atoms with Gasteiger partial charge in [-0.3, -0.25) is 4.79 Å². The van der Waals surface area contributed by atoms with E-state index in [0.29, 0.717) is 23.5 Å². The van der Waals surface area contributed by atoms with E-state index in [1.54, 1.807) is 23.9 Å². The van der Waals surface area contributed by atoms with Crippen LogP contribution >= 0.6 is 0 Å². The molecule has 1 aromatic carbocycles. The molecule has 0 radical (unpaired) electrons. The third-order valence-electron chi connectivity index (χ3n) is 4.25. The van der Waals surface area contributed by atoms with Crippen molar-refractivity contribution in [3.63, 3.8) is 0 Å². The maximum atomic E-state index is 12.8. The number of hydrogen-bond donors (Lipinski definition) is 3. The van der Waals surface area contributed by atoms with Crippen molar-refractivity contribution in [3.05, 3.63) is 77.3 Å². The Hall–Kier alpha value is -3.81. The first-order valence-electron chi connectivity index (χ1n) is 9.06. The Morgan fingerprint density at radius 2 is 2.07 bits per heavy atom. The predicted octanol–water partition coefficient (Wildman–Crippen LogP) is 3.26. The van der Waals surface area contributed by atoms with E-state index in [-0.39, 0.29) is 5.84 Å². The first-order valence-corrected chi connectivity index (χ1v) is 9.06. The monoisotopic (exact) mass is 393 g/mol. The minimum atomic E-state index is -0.413. The van der Waals surface area contributed by atoms with Gasteiger partial charge in [0.05, 0.1) is 24.1 Å². The highest BCUT2D eigenvalue weighted by Gasteiger charge is 2.19. The van der Waals surface area contributed by atoms with Gasteiger partial charge in [-0.15, -0.1) is 0 Å². The molecule has 2 aromatic rings. The van der Waals surface area contributed by atoms with Crippen molar-refractivity contribution in [1.82, 2.24) is 15.1 Å². The number of oxime groups is 1. The molecule has 1 aromatic heterocycles. The lowest BCUT2D eigenvalue weighted by Gasteiger charge is -2.15. The van der Waals surface area contributed by atoms with Gasteiger partial charge in [0, 0.05) is 18.2 Å². The van der Waals surface area contributed by atoms with Gasteiger partial charge in [0.15, 0.2) is 0 Å². The van der Waals surface area contributed by atoms with Gasteiger partial charge in [-0.2, -0.15) is 5.10 Å². The Labute approximate surface area is 168 Å². The van der Waals surface area contributed by atoms with Gasteiger partial charge in [-0.05, 0) is 38.1 Å². The number of ether oxygens (including phenoxy) is 1. The molecule has 0 spiro atoms. The van der Waals surface area contributed by atoms with Gasteiger partial charge in [0.25, 0.3) is 5.91 Å². The number of carbonyl (C=O) groups excluding carboxylic acids is 1. The quantitative estimate of drug-likeness (QED) is 0.313. The average Bonchev–Trinajstić information content (AvgIpc) is 2.97. The molecule has 0 saturated heterocycles. The van der Waals surface area contributed by atoms with Crippen LogP contribution in [0, 0.1) is 6.92 Å². The van der Waals surface area contributed by atoms with Gasteiger partial charge in [0.1, 0.15) is 17.4 Å². The summed E-state index contributed by atoms with van der Waals surface area (Å²) in [6.07, 6.45) is 5.82. The number of hydrogen-bond acceptors (Lipinski definition) is 6. The normalized spacial score (nSPS) is 14.3. The lowest BCUT2D eigenvalue weighted by atomic mass is 10.1. The molecule has 8 nitrogen and oxygen atoms in total. The van der Waals surface area contributed by atoms with Crippen LogP contribution in [0.1, 0.15) is 19.0 Å². The van der Waals surface area contributed by atoms with Crippen molar-refractivity contribution in [1.29, 1.82) is 0 Å². The van der Waals surface area contributed by atoms with Crippen molar-refractivity contribution in [2.45, 2.75) is 20.3 Å². The zero-order chi connectivity index (χ0) is 20.8. The molecule has 1 heterocycles. The van der Waals surface area contributed by atoms with Crippen molar-refractivity contribution in [3.8, 4) is 5.69 Å². The lowest BCUT2D eigenvalue weighted by molar-refractivity contribution is -0.116. The summed E-state index contributed by atoms with van der Waals surface area (Å²) in [4.78, 5) is 12.8.